The molecule has 142 valence electrons. The van der Waals surface area contributed by atoms with E-state index in [0.29, 0.717) is 13.2 Å². The van der Waals surface area contributed by atoms with E-state index in [0.717, 1.165) is 36.8 Å². The van der Waals surface area contributed by atoms with Gasteiger partial charge in [0.15, 0.2) is 5.96 Å². The van der Waals surface area contributed by atoms with Crippen molar-refractivity contribution in [2.45, 2.75) is 39.7 Å². The van der Waals surface area contributed by atoms with Crippen molar-refractivity contribution >= 4 is 29.9 Å². The molecule has 0 bridgehead atoms. The summed E-state index contributed by atoms with van der Waals surface area (Å²) in [6.07, 6.45) is 3.87. The fourth-order valence-corrected chi connectivity index (χ4v) is 2.95. The van der Waals surface area contributed by atoms with Crippen LogP contribution in [0.5, 0.6) is 5.75 Å². The van der Waals surface area contributed by atoms with Crippen LogP contribution in [-0.2, 0) is 6.54 Å². The number of hydrogen-bond acceptors (Lipinski definition) is 3. The Morgan fingerprint density at radius 1 is 1.16 bits per heavy atom. The van der Waals surface area contributed by atoms with Gasteiger partial charge in [-0.15, -0.1) is 24.0 Å². The molecular formula is C19H33IN4O. The predicted molar refractivity (Wildman–Crippen MR) is 116 cm³/mol. The second-order valence-corrected chi connectivity index (χ2v) is 6.06. The zero-order valence-electron chi connectivity index (χ0n) is 15.6. The fraction of sp³-hybridized carbons (Fsp3) is 0.632. The van der Waals surface area contributed by atoms with Gasteiger partial charge >= 0.3 is 0 Å². The third-order valence-corrected chi connectivity index (χ3v) is 4.17. The minimum atomic E-state index is 0. The van der Waals surface area contributed by atoms with E-state index in [1.54, 1.807) is 0 Å². The molecule has 1 fully saturated rings. The molecule has 2 N–H and O–H groups in total. The molecule has 1 aromatic rings. The van der Waals surface area contributed by atoms with Crippen molar-refractivity contribution in [3.8, 4) is 5.75 Å². The third kappa shape index (κ3) is 8.27. The van der Waals surface area contributed by atoms with Crippen molar-refractivity contribution in [3.63, 3.8) is 0 Å². The lowest BCUT2D eigenvalue weighted by Gasteiger charge is -2.16. The highest BCUT2D eigenvalue weighted by molar-refractivity contribution is 14.0. The first-order valence-electron chi connectivity index (χ1n) is 9.28. The molecular weight excluding hydrogens is 427 g/mol. The molecule has 1 aromatic carbocycles. The standard InChI is InChI=1S/C19H32N4O.HI/c1-3-20-19(21-12-9-15-23-13-7-8-14-23)22-16-17-10-5-6-11-18(17)24-4-2;/h5-6,10-11H,3-4,7-9,12-16H2,1-2H3,(H2,20,21,22);1H. The third-order valence-electron chi connectivity index (χ3n) is 4.17. The largest absolute Gasteiger partial charge is 0.494 e. The lowest BCUT2D eigenvalue weighted by molar-refractivity contribution is 0.334. The van der Waals surface area contributed by atoms with Gasteiger partial charge in [0.2, 0.25) is 0 Å². The summed E-state index contributed by atoms with van der Waals surface area (Å²) in [7, 11) is 0. The Labute approximate surface area is 169 Å². The zero-order valence-corrected chi connectivity index (χ0v) is 17.9. The Morgan fingerprint density at radius 2 is 1.92 bits per heavy atom. The molecule has 0 atom stereocenters. The predicted octanol–water partition coefficient (Wildman–Crippen LogP) is 3.24. The second kappa shape index (κ2) is 13.2. The minimum Gasteiger partial charge on any atom is -0.494 e. The van der Waals surface area contributed by atoms with Crippen molar-refractivity contribution in [2.24, 2.45) is 4.99 Å². The maximum atomic E-state index is 5.67. The van der Waals surface area contributed by atoms with Crippen LogP contribution in [0.25, 0.3) is 0 Å². The SMILES string of the molecule is CCNC(=NCc1ccccc1OCC)NCCCN1CCCC1.I. The molecule has 1 aliphatic rings. The molecule has 0 amide bonds. The number of guanidine groups is 1. The highest BCUT2D eigenvalue weighted by atomic mass is 127. The van der Waals surface area contributed by atoms with E-state index in [9.17, 15) is 0 Å². The number of benzene rings is 1. The summed E-state index contributed by atoms with van der Waals surface area (Å²) in [5, 5.41) is 6.75. The maximum Gasteiger partial charge on any atom is 0.191 e. The lowest BCUT2D eigenvalue weighted by atomic mass is 10.2. The van der Waals surface area contributed by atoms with E-state index in [1.807, 2.05) is 25.1 Å². The molecule has 0 unspecified atom stereocenters. The quantitative estimate of drug-likeness (QED) is 0.257. The van der Waals surface area contributed by atoms with Crippen molar-refractivity contribution in [1.29, 1.82) is 0 Å². The van der Waals surface area contributed by atoms with Crippen LogP contribution in [0, 0.1) is 0 Å². The summed E-state index contributed by atoms with van der Waals surface area (Å²) in [4.78, 5) is 7.24. The average molecular weight is 460 g/mol. The van der Waals surface area contributed by atoms with E-state index < -0.39 is 0 Å². The van der Waals surface area contributed by atoms with Crippen molar-refractivity contribution in [2.75, 3.05) is 39.3 Å². The number of halogens is 1. The van der Waals surface area contributed by atoms with Crippen LogP contribution >= 0.6 is 24.0 Å². The highest BCUT2D eigenvalue weighted by Crippen LogP contribution is 2.18. The lowest BCUT2D eigenvalue weighted by Crippen LogP contribution is -2.38. The Balaban J connectivity index is 0.00000312. The Kier molecular flexibility index (Phi) is 11.6. The first kappa shape index (κ1) is 22.0. The van der Waals surface area contributed by atoms with E-state index in [4.69, 9.17) is 9.73 Å². The molecule has 2 rings (SSSR count). The van der Waals surface area contributed by atoms with Crippen LogP contribution in [0.1, 0.15) is 38.7 Å². The van der Waals surface area contributed by atoms with Gasteiger partial charge in [-0.05, 0) is 58.8 Å². The number of nitrogens with one attached hydrogen (secondary N) is 2. The Hall–Kier alpha value is -1.02. The normalized spacial score (nSPS) is 14.9. The molecule has 1 heterocycles. The number of rotatable bonds is 9. The first-order valence-corrected chi connectivity index (χ1v) is 9.28. The summed E-state index contributed by atoms with van der Waals surface area (Å²) in [5.41, 5.74) is 1.12. The molecule has 5 nitrogen and oxygen atoms in total. The van der Waals surface area contributed by atoms with Gasteiger partial charge in [-0.1, -0.05) is 18.2 Å². The van der Waals surface area contributed by atoms with Gasteiger partial charge < -0.3 is 20.3 Å². The number of ether oxygens (including phenoxy) is 1. The second-order valence-electron chi connectivity index (χ2n) is 6.06. The van der Waals surface area contributed by atoms with Gasteiger partial charge in [-0.25, -0.2) is 4.99 Å². The summed E-state index contributed by atoms with van der Waals surface area (Å²) >= 11 is 0. The van der Waals surface area contributed by atoms with Crippen LogP contribution < -0.4 is 15.4 Å². The smallest absolute Gasteiger partial charge is 0.191 e. The van der Waals surface area contributed by atoms with Gasteiger partial charge in [-0.2, -0.15) is 0 Å². The first-order chi connectivity index (χ1) is 11.8. The van der Waals surface area contributed by atoms with Gasteiger partial charge in [0.05, 0.1) is 13.2 Å². The minimum absolute atomic E-state index is 0. The molecule has 25 heavy (non-hydrogen) atoms. The highest BCUT2D eigenvalue weighted by Gasteiger charge is 2.10. The van der Waals surface area contributed by atoms with Gasteiger partial charge in [-0.3, -0.25) is 0 Å². The van der Waals surface area contributed by atoms with Gasteiger partial charge in [0.1, 0.15) is 5.75 Å². The van der Waals surface area contributed by atoms with Crippen molar-refractivity contribution in [1.82, 2.24) is 15.5 Å². The van der Waals surface area contributed by atoms with E-state index >= 15 is 0 Å². The molecule has 0 spiro atoms. The summed E-state index contributed by atoms with van der Waals surface area (Å²) < 4.78 is 5.67. The zero-order chi connectivity index (χ0) is 17.0. The number of likely N-dealkylation sites (tertiary alicyclic amines) is 1. The number of aliphatic imine (C=N–C) groups is 1. The number of hydrogen-bond donors (Lipinski definition) is 2. The Morgan fingerprint density at radius 3 is 2.64 bits per heavy atom. The summed E-state index contributed by atoms with van der Waals surface area (Å²) in [5.74, 6) is 1.80. The van der Waals surface area contributed by atoms with Gasteiger partial charge in [0, 0.05) is 18.7 Å². The van der Waals surface area contributed by atoms with Crippen LogP contribution in [0.2, 0.25) is 0 Å². The van der Waals surface area contributed by atoms with E-state index in [2.05, 4.69) is 28.5 Å². The van der Waals surface area contributed by atoms with Crippen LogP contribution in [0.3, 0.4) is 0 Å². The fourth-order valence-electron chi connectivity index (χ4n) is 2.95. The van der Waals surface area contributed by atoms with Gasteiger partial charge in [0.25, 0.3) is 0 Å². The average Bonchev–Trinajstić information content (AvgIpc) is 3.11. The van der Waals surface area contributed by atoms with Crippen molar-refractivity contribution < 1.29 is 4.74 Å². The topological polar surface area (TPSA) is 48.9 Å². The molecule has 0 aromatic heterocycles. The molecule has 0 aliphatic carbocycles. The summed E-state index contributed by atoms with van der Waals surface area (Å²) in [6.45, 7) is 10.9. The molecule has 1 aliphatic heterocycles. The van der Waals surface area contributed by atoms with E-state index in [1.165, 1.54) is 32.5 Å². The molecule has 6 heteroatoms. The van der Waals surface area contributed by atoms with Crippen molar-refractivity contribution in [3.05, 3.63) is 29.8 Å². The van der Waals surface area contributed by atoms with Crippen LogP contribution in [-0.4, -0.2) is 50.2 Å². The number of para-hydroxylation sites is 1. The van der Waals surface area contributed by atoms with Crippen LogP contribution in [0.4, 0.5) is 0 Å². The van der Waals surface area contributed by atoms with E-state index in [-0.39, 0.29) is 24.0 Å². The number of nitrogens with zero attached hydrogens (tertiary/aromatic N) is 2. The molecule has 1 saturated heterocycles. The maximum absolute atomic E-state index is 5.67. The Bertz CT molecular complexity index is 504. The molecule has 0 radical (unpaired) electrons. The van der Waals surface area contributed by atoms with Crippen LogP contribution in [0.15, 0.2) is 29.3 Å². The summed E-state index contributed by atoms with van der Waals surface area (Å²) in [6, 6.07) is 8.11. The molecule has 0 saturated carbocycles. The monoisotopic (exact) mass is 460 g/mol.